The van der Waals surface area contributed by atoms with Gasteiger partial charge >= 0.3 is 0 Å². The summed E-state index contributed by atoms with van der Waals surface area (Å²) in [6.45, 7) is 6.13. The first-order valence-corrected chi connectivity index (χ1v) is 7.05. The molecule has 0 radical (unpaired) electrons. The van der Waals surface area contributed by atoms with Crippen molar-refractivity contribution in [1.29, 1.82) is 0 Å². The number of aromatic nitrogens is 3. The van der Waals surface area contributed by atoms with Gasteiger partial charge in [0.05, 0.1) is 5.69 Å². The highest BCUT2D eigenvalue weighted by molar-refractivity contribution is 14.1. The molecule has 1 N–H and O–H groups in total. The van der Waals surface area contributed by atoms with Gasteiger partial charge in [0.15, 0.2) is 10.8 Å². The van der Waals surface area contributed by atoms with Gasteiger partial charge in [-0.25, -0.2) is 9.97 Å². The summed E-state index contributed by atoms with van der Waals surface area (Å²) in [7, 11) is 0. The fraction of sp³-hybridized carbons (Fsp3) is 0.364. The second-order valence-corrected chi connectivity index (χ2v) is 6.64. The largest absolute Gasteiger partial charge is 0.304 e. The Morgan fingerprint density at radius 1 is 1.41 bits per heavy atom. The van der Waals surface area contributed by atoms with Crippen LogP contribution in [0.25, 0.3) is 10.8 Å². The lowest BCUT2D eigenvalue weighted by molar-refractivity contribution is 0.562. The summed E-state index contributed by atoms with van der Waals surface area (Å²) in [5.41, 5.74) is 0.555. The highest BCUT2D eigenvalue weighted by Gasteiger charge is 2.22. The molecule has 6 heteroatoms. The molecule has 4 nitrogen and oxygen atoms in total. The molecule has 2 aromatic heterocycles. The quantitative estimate of drug-likeness (QED) is 0.795. The van der Waals surface area contributed by atoms with Crippen molar-refractivity contribution in [1.82, 2.24) is 15.0 Å². The maximum atomic E-state index is 11.9. The van der Waals surface area contributed by atoms with Crippen molar-refractivity contribution in [2.45, 2.75) is 26.2 Å². The zero-order valence-electron chi connectivity index (χ0n) is 9.74. The Kier molecular flexibility index (Phi) is 3.35. The fourth-order valence-corrected chi connectivity index (χ4v) is 3.04. The third kappa shape index (κ3) is 2.57. The van der Waals surface area contributed by atoms with Crippen molar-refractivity contribution in [3.8, 4) is 10.8 Å². The van der Waals surface area contributed by atoms with Crippen LogP contribution in [0.1, 0.15) is 26.5 Å². The lowest BCUT2D eigenvalue weighted by Gasteiger charge is -2.19. The van der Waals surface area contributed by atoms with E-state index in [1.54, 1.807) is 6.20 Å². The molecule has 0 bridgehead atoms. The highest BCUT2D eigenvalue weighted by atomic mass is 127. The minimum atomic E-state index is -0.156. The molecule has 0 aliphatic heterocycles. The molecule has 2 rings (SSSR count). The molecule has 0 aliphatic rings. The topological polar surface area (TPSA) is 58.6 Å². The van der Waals surface area contributed by atoms with E-state index >= 15 is 0 Å². The summed E-state index contributed by atoms with van der Waals surface area (Å²) in [5, 5.41) is 2.60. The van der Waals surface area contributed by atoms with Gasteiger partial charge in [0.2, 0.25) is 0 Å². The summed E-state index contributed by atoms with van der Waals surface area (Å²) < 4.78 is 0.649. The van der Waals surface area contributed by atoms with Gasteiger partial charge in [-0.1, -0.05) is 20.8 Å². The molecule has 0 aliphatic carbocycles. The molecule has 2 aromatic rings. The van der Waals surface area contributed by atoms with E-state index in [4.69, 9.17) is 0 Å². The SMILES string of the molecule is CC(C)(C)c1nc(-c2nccs2)[nH]c(=O)c1I. The maximum absolute atomic E-state index is 11.9. The van der Waals surface area contributed by atoms with Crippen LogP contribution in [0.4, 0.5) is 0 Å². The molecule has 17 heavy (non-hydrogen) atoms. The first-order valence-electron chi connectivity index (χ1n) is 5.10. The predicted molar refractivity (Wildman–Crippen MR) is 77.4 cm³/mol. The molecule has 0 saturated heterocycles. The van der Waals surface area contributed by atoms with Gasteiger partial charge in [-0.15, -0.1) is 11.3 Å². The predicted octanol–water partition coefficient (Wildman–Crippen LogP) is 2.80. The molecule has 2 heterocycles. The number of halogens is 1. The van der Waals surface area contributed by atoms with Gasteiger partial charge in [-0.05, 0) is 22.6 Å². The van der Waals surface area contributed by atoms with Crippen LogP contribution in [0.3, 0.4) is 0 Å². The average molecular weight is 361 g/mol. The van der Waals surface area contributed by atoms with Crippen molar-refractivity contribution in [2.75, 3.05) is 0 Å². The van der Waals surface area contributed by atoms with Crippen LogP contribution in [0.15, 0.2) is 16.4 Å². The van der Waals surface area contributed by atoms with Crippen LogP contribution in [-0.4, -0.2) is 15.0 Å². The van der Waals surface area contributed by atoms with Crippen molar-refractivity contribution in [3.63, 3.8) is 0 Å². The van der Waals surface area contributed by atoms with Gasteiger partial charge < -0.3 is 4.98 Å². The molecule has 0 fully saturated rings. The van der Waals surface area contributed by atoms with E-state index < -0.39 is 0 Å². The van der Waals surface area contributed by atoms with Crippen LogP contribution in [0.2, 0.25) is 0 Å². The number of nitrogens with zero attached hydrogens (tertiary/aromatic N) is 2. The van der Waals surface area contributed by atoms with E-state index in [0.717, 1.165) is 10.7 Å². The zero-order chi connectivity index (χ0) is 12.6. The van der Waals surface area contributed by atoms with Crippen LogP contribution in [0.5, 0.6) is 0 Å². The summed E-state index contributed by atoms with van der Waals surface area (Å²) >= 11 is 3.51. The minimum Gasteiger partial charge on any atom is -0.304 e. The molecule has 0 amide bonds. The second-order valence-electron chi connectivity index (χ2n) is 4.66. The van der Waals surface area contributed by atoms with Crippen molar-refractivity contribution in [3.05, 3.63) is 31.2 Å². The van der Waals surface area contributed by atoms with Crippen LogP contribution in [0, 0.1) is 3.57 Å². The number of nitrogens with one attached hydrogen (secondary N) is 1. The highest BCUT2D eigenvalue weighted by Crippen LogP contribution is 2.25. The summed E-state index contributed by atoms with van der Waals surface area (Å²) in [5.74, 6) is 0.551. The Hall–Kier alpha value is -0.760. The van der Waals surface area contributed by atoms with Crippen LogP contribution >= 0.6 is 33.9 Å². The van der Waals surface area contributed by atoms with E-state index in [1.807, 2.05) is 48.7 Å². The summed E-state index contributed by atoms with van der Waals surface area (Å²) in [6.07, 6.45) is 1.70. The van der Waals surface area contributed by atoms with Crippen molar-refractivity contribution in [2.24, 2.45) is 0 Å². The number of hydrogen-bond acceptors (Lipinski definition) is 4. The van der Waals surface area contributed by atoms with Gasteiger partial charge in [0.25, 0.3) is 5.56 Å². The monoisotopic (exact) mass is 361 g/mol. The lowest BCUT2D eigenvalue weighted by Crippen LogP contribution is -2.24. The smallest absolute Gasteiger partial charge is 0.264 e. The number of thiazole rings is 1. The normalized spacial score (nSPS) is 11.8. The molecular formula is C11H12IN3OS. The standard InChI is InChI=1S/C11H12IN3OS/c1-11(2,3)7-6(12)9(16)15-8(14-7)10-13-4-5-17-10/h4-5H,1-3H3,(H,14,15,16). The Balaban J connectivity index is 2.67. The van der Waals surface area contributed by atoms with Crippen molar-refractivity contribution < 1.29 is 0 Å². The Bertz CT molecular complexity index is 584. The molecule has 0 spiro atoms. The molecule has 0 atom stereocenters. The Morgan fingerprint density at radius 2 is 2.12 bits per heavy atom. The second kappa shape index (κ2) is 4.49. The van der Waals surface area contributed by atoms with Gasteiger partial charge in [-0.2, -0.15) is 0 Å². The van der Waals surface area contributed by atoms with E-state index in [-0.39, 0.29) is 11.0 Å². The lowest BCUT2D eigenvalue weighted by atomic mass is 9.92. The van der Waals surface area contributed by atoms with E-state index in [1.165, 1.54) is 11.3 Å². The number of rotatable bonds is 1. The fourth-order valence-electron chi connectivity index (χ4n) is 1.40. The van der Waals surface area contributed by atoms with Gasteiger partial charge in [-0.3, -0.25) is 4.79 Å². The zero-order valence-corrected chi connectivity index (χ0v) is 12.7. The van der Waals surface area contributed by atoms with Crippen molar-refractivity contribution >= 4 is 33.9 Å². The third-order valence-corrected chi connectivity index (χ3v) is 3.99. The molecular weight excluding hydrogens is 349 g/mol. The van der Waals surface area contributed by atoms with E-state index in [2.05, 4.69) is 15.0 Å². The number of H-pyrrole nitrogens is 1. The maximum Gasteiger partial charge on any atom is 0.264 e. The minimum absolute atomic E-state index is 0.101. The van der Waals surface area contributed by atoms with E-state index in [0.29, 0.717) is 9.39 Å². The molecule has 90 valence electrons. The first kappa shape index (κ1) is 12.7. The Labute approximate surface area is 117 Å². The summed E-state index contributed by atoms with van der Waals surface area (Å²) in [4.78, 5) is 23.3. The molecule has 0 saturated carbocycles. The van der Waals surface area contributed by atoms with E-state index in [9.17, 15) is 4.79 Å². The Morgan fingerprint density at radius 3 is 2.65 bits per heavy atom. The van der Waals surface area contributed by atoms with Gasteiger partial charge in [0, 0.05) is 17.0 Å². The van der Waals surface area contributed by atoms with Gasteiger partial charge in [0.1, 0.15) is 3.57 Å². The first-order chi connectivity index (χ1) is 7.89. The number of aromatic amines is 1. The average Bonchev–Trinajstić information content (AvgIpc) is 2.73. The molecule has 0 unspecified atom stereocenters. The summed E-state index contributed by atoms with van der Waals surface area (Å²) in [6, 6.07) is 0. The number of hydrogen-bond donors (Lipinski definition) is 1. The molecule has 0 aromatic carbocycles. The van der Waals surface area contributed by atoms with Crippen LogP contribution < -0.4 is 5.56 Å². The van der Waals surface area contributed by atoms with Crippen LogP contribution in [-0.2, 0) is 5.41 Å². The third-order valence-electron chi connectivity index (χ3n) is 2.21.